The van der Waals surface area contributed by atoms with E-state index in [2.05, 4.69) is 39.1 Å². The molecule has 2 aromatic carbocycles. The molecule has 0 fully saturated rings. The van der Waals surface area contributed by atoms with E-state index in [-0.39, 0.29) is 6.04 Å². The average Bonchev–Trinajstić information content (AvgIpc) is 2.43. The molecule has 0 spiro atoms. The van der Waals surface area contributed by atoms with Gasteiger partial charge in [-0.1, -0.05) is 35.3 Å². The van der Waals surface area contributed by atoms with Crippen LogP contribution in [0.5, 0.6) is 0 Å². The van der Waals surface area contributed by atoms with Crippen molar-refractivity contribution in [2.24, 2.45) is 0 Å². The van der Waals surface area contributed by atoms with E-state index >= 15 is 0 Å². The summed E-state index contributed by atoms with van der Waals surface area (Å²) in [5.74, 6) is 0. The first kappa shape index (κ1) is 16.4. The summed E-state index contributed by atoms with van der Waals surface area (Å²) in [5.41, 5.74) is 7.36. The summed E-state index contributed by atoms with van der Waals surface area (Å²) in [6.45, 7) is 8.61. The van der Waals surface area contributed by atoms with Crippen LogP contribution in [0.2, 0.25) is 10.0 Å². The zero-order valence-corrected chi connectivity index (χ0v) is 14.7. The number of nitrogens with one attached hydrogen (secondary N) is 1. The second-order valence-corrected chi connectivity index (χ2v) is 6.35. The van der Waals surface area contributed by atoms with Crippen LogP contribution < -0.4 is 5.32 Å². The van der Waals surface area contributed by atoms with Crippen molar-refractivity contribution in [2.75, 3.05) is 7.05 Å². The Balaban J connectivity index is 2.74. The van der Waals surface area contributed by atoms with Gasteiger partial charge >= 0.3 is 0 Å². The lowest BCUT2D eigenvalue weighted by Gasteiger charge is -2.25. The van der Waals surface area contributed by atoms with Crippen molar-refractivity contribution >= 4 is 23.2 Å². The summed E-state index contributed by atoms with van der Waals surface area (Å²) < 4.78 is 0. The molecule has 1 nitrogen and oxygen atoms in total. The second kappa shape index (κ2) is 6.39. The third-order valence-corrected chi connectivity index (χ3v) is 4.95. The molecular weight excluding hydrogens is 301 g/mol. The lowest BCUT2D eigenvalue weighted by Crippen LogP contribution is -2.21. The van der Waals surface area contributed by atoms with Gasteiger partial charge in [0.15, 0.2) is 0 Å². The fourth-order valence-electron chi connectivity index (χ4n) is 2.90. The van der Waals surface area contributed by atoms with Crippen molar-refractivity contribution in [1.29, 1.82) is 0 Å². The van der Waals surface area contributed by atoms with Crippen LogP contribution >= 0.6 is 23.2 Å². The molecule has 0 radical (unpaired) electrons. The lowest BCUT2D eigenvalue weighted by atomic mass is 9.87. The predicted molar refractivity (Wildman–Crippen MR) is 92.8 cm³/mol. The van der Waals surface area contributed by atoms with E-state index in [0.717, 1.165) is 5.56 Å². The number of aryl methyl sites for hydroxylation is 2. The van der Waals surface area contributed by atoms with Crippen molar-refractivity contribution in [3.05, 3.63) is 67.7 Å². The zero-order valence-electron chi connectivity index (χ0n) is 13.1. The Bertz CT molecular complexity index is 631. The third kappa shape index (κ3) is 2.96. The first-order valence-corrected chi connectivity index (χ1v) is 7.82. The number of halogens is 2. The van der Waals surface area contributed by atoms with E-state index in [4.69, 9.17) is 23.2 Å². The van der Waals surface area contributed by atoms with Crippen molar-refractivity contribution in [3.8, 4) is 0 Å². The topological polar surface area (TPSA) is 12.0 Å². The SMILES string of the molecule is CNC(c1c(Cl)cccc1Cl)c1c(C)c(C)cc(C)c1C. The van der Waals surface area contributed by atoms with Crippen LogP contribution in [0.1, 0.15) is 39.4 Å². The van der Waals surface area contributed by atoms with Crippen LogP contribution in [0.4, 0.5) is 0 Å². The highest BCUT2D eigenvalue weighted by molar-refractivity contribution is 6.36. The van der Waals surface area contributed by atoms with E-state index in [1.807, 2.05) is 25.2 Å². The molecule has 112 valence electrons. The molecule has 0 bridgehead atoms. The normalized spacial score (nSPS) is 12.5. The molecule has 1 N–H and O–H groups in total. The number of hydrogen-bond donors (Lipinski definition) is 1. The fraction of sp³-hybridized carbons (Fsp3) is 0.333. The Kier molecular flexibility index (Phi) is 4.98. The zero-order chi connectivity index (χ0) is 15.7. The van der Waals surface area contributed by atoms with Crippen molar-refractivity contribution in [1.82, 2.24) is 5.32 Å². The Labute approximate surface area is 137 Å². The minimum atomic E-state index is -0.00944. The standard InChI is InChI=1S/C18H21Cl2N/c1-10-9-11(2)13(4)16(12(10)3)18(21-5)17-14(19)7-6-8-15(17)20/h6-9,18,21H,1-5H3. The molecule has 0 saturated carbocycles. The highest BCUT2D eigenvalue weighted by atomic mass is 35.5. The lowest BCUT2D eigenvalue weighted by molar-refractivity contribution is 0.681. The molecule has 0 amide bonds. The van der Waals surface area contributed by atoms with E-state index in [1.165, 1.54) is 27.8 Å². The van der Waals surface area contributed by atoms with Gasteiger partial charge in [-0.2, -0.15) is 0 Å². The minimum absolute atomic E-state index is 0.00944. The Morgan fingerprint density at radius 1 is 0.857 bits per heavy atom. The van der Waals surface area contributed by atoms with Gasteiger partial charge in [-0.25, -0.2) is 0 Å². The third-order valence-electron chi connectivity index (χ3n) is 4.29. The highest BCUT2D eigenvalue weighted by Crippen LogP contribution is 2.37. The smallest absolute Gasteiger partial charge is 0.0609 e. The van der Waals surface area contributed by atoms with Crippen LogP contribution in [-0.4, -0.2) is 7.05 Å². The average molecular weight is 322 g/mol. The summed E-state index contributed by atoms with van der Waals surface area (Å²) in [5, 5.41) is 4.77. The molecule has 2 rings (SSSR count). The highest BCUT2D eigenvalue weighted by Gasteiger charge is 2.23. The fourth-order valence-corrected chi connectivity index (χ4v) is 3.52. The van der Waals surface area contributed by atoms with E-state index in [1.54, 1.807) is 0 Å². The molecule has 3 heteroatoms. The monoisotopic (exact) mass is 321 g/mol. The molecular formula is C18H21Cl2N. The van der Waals surface area contributed by atoms with Gasteiger partial charge in [-0.15, -0.1) is 0 Å². The van der Waals surface area contributed by atoms with E-state index in [0.29, 0.717) is 10.0 Å². The van der Waals surface area contributed by atoms with Gasteiger partial charge in [-0.05, 0) is 74.7 Å². The van der Waals surface area contributed by atoms with Crippen LogP contribution in [0.25, 0.3) is 0 Å². The molecule has 0 aromatic heterocycles. The predicted octanol–water partition coefficient (Wildman–Crippen LogP) is 5.54. The summed E-state index contributed by atoms with van der Waals surface area (Å²) in [4.78, 5) is 0. The molecule has 0 heterocycles. The molecule has 0 saturated heterocycles. The number of benzene rings is 2. The quantitative estimate of drug-likeness (QED) is 0.783. The Hall–Kier alpha value is -1.02. The number of hydrogen-bond acceptors (Lipinski definition) is 1. The van der Waals surface area contributed by atoms with E-state index < -0.39 is 0 Å². The van der Waals surface area contributed by atoms with Crippen LogP contribution in [-0.2, 0) is 0 Å². The van der Waals surface area contributed by atoms with Gasteiger partial charge in [-0.3, -0.25) is 0 Å². The van der Waals surface area contributed by atoms with Crippen molar-refractivity contribution in [2.45, 2.75) is 33.7 Å². The molecule has 0 aliphatic rings. The van der Waals surface area contributed by atoms with E-state index in [9.17, 15) is 0 Å². The summed E-state index contributed by atoms with van der Waals surface area (Å²) in [6.07, 6.45) is 0. The maximum Gasteiger partial charge on any atom is 0.0609 e. The van der Waals surface area contributed by atoms with Gasteiger partial charge in [0.25, 0.3) is 0 Å². The van der Waals surface area contributed by atoms with Crippen molar-refractivity contribution < 1.29 is 0 Å². The molecule has 1 unspecified atom stereocenters. The number of rotatable bonds is 3. The maximum absolute atomic E-state index is 6.41. The molecule has 2 aromatic rings. The maximum atomic E-state index is 6.41. The Morgan fingerprint density at radius 2 is 1.33 bits per heavy atom. The largest absolute Gasteiger partial charge is 0.309 e. The first-order chi connectivity index (χ1) is 9.88. The van der Waals surface area contributed by atoms with Crippen LogP contribution in [0.3, 0.4) is 0 Å². The van der Waals surface area contributed by atoms with Gasteiger partial charge in [0.05, 0.1) is 6.04 Å². The second-order valence-electron chi connectivity index (χ2n) is 5.53. The van der Waals surface area contributed by atoms with Crippen LogP contribution in [0, 0.1) is 27.7 Å². The van der Waals surface area contributed by atoms with Gasteiger partial charge in [0, 0.05) is 15.6 Å². The molecule has 1 atom stereocenters. The van der Waals surface area contributed by atoms with Crippen molar-refractivity contribution in [3.63, 3.8) is 0 Å². The van der Waals surface area contributed by atoms with Gasteiger partial charge < -0.3 is 5.32 Å². The van der Waals surface area contributed by atoms with Gasteiger partial charge in [0.1, 0.15) is 0 Å². The summed E-state index contributed by atoms with van der Waals surface area (Å²) >= 11 is 12.8. The summed E-state index contributed by atoms with van der Waals surface area (Å²) in [7, 11) is 1.95. The molecule has 0 aliphatic carbocycles. The van der Waals surface area contributed by atoms with Crippen LogP contribution in [0.15, 0.2) is 24.3 Å². The molecule has 21 heavy (non-hydrogen) atoms. The van der Waals surface area contributed by atoms with Gasteiger partial charge in [0.2, 0.25) is 0 Å². The Morgan fingerprint density at radius 3 is 1.76 bits per heavy atom. The first-order valence-electron chi connectivity index (χ1n) is 7.07. The summed E-state index contributed by atoms with van der Waals surface area (Å²) in [6, 6.07) is 7.88. The minimum Gasteiger partial charge on any atom is -0.309 e. The molecule has 0 aliphatic heterocycles.